The molecule has 3 aromatic rings. The molecular weight excluding hydrogens is 295 g/mol. The Labute approximate surface area is 123 Å². The highest BCUT2D eigenvalue weighted by molar-refractivity contribution is 6.04. The average molecular weight is 305 g/mol. The van der Waals surface area contributed by atoms with E-state index < -0.39 is 17.6 Å². The van der Waals surface area contributed by atoms with Gasteiger partial charge in [-0.1, -0.05) is 6.07 Å². The van der Waals surface area contributed by atoms with Gasteiger partial charge in [0.2, 0.25) is 0 Å². The van der Waals surface area contributed by atoms with Gasteiger partial charge >= 0.3 is 6.18 Å². The van der Waals surface area contributed by atoms with Crippen molar-refractivity contribution in [2.75, 3.05) is 5.32 Å². The van der Waals surface area contributed by atoms with Crippen molar-refractivity contribution in [3.63, 3.8) is 0 Å². The van der Waals surface area contributed by atoms with E-state index in [1.54, 1.807) is 35.3 Å². The lowest BCUT2D eigenvalue weighted by atomic mass is 10.2. The van der Waals surface area contributed by atoms with Crippen LogP contribution in [0.4, 0.5) is 18.9 Å². The van der Waals surface area contributed by atoms with E-state index in [0.29, 0.717) is 5.56 Å². The molecule has 112 valence electrons. The minimum absolute atomic E-state index is 0.0909. The van der Waals surface area contributed by atoms with E-state index in [4.69, 9.17) is 0 Å². The molecule has 0 fully saturated rings. The number of aromatic nitrogens is 2. The van der Waals surface area contributed by atoms with Crippen LogP contribution in [-0.2, 0) is 6.18 Å². The van der Waals surface area contributed by atoms with Crippen LogP contribution >= 0.6 is 0 Å². The van der Waals surface area contributed by atoms with Crippen molar-refractivity contribution >= 4 is 17.1 Å². The smallest absolute Gasteiger partial charge is 0.322 e. The minimum atomic E-state index is -4.45. The highest BCUT2D eigenvalue weighted by atomic mass is 19.4. The molecule has 0 bridgehead atoms. The van der Waals surface area contributed by atoms with Gasteiger partial charge in [-0.2, -0.15) is 13.2 Å². The number of imidazole rings is 1. The monoisotopic (exact) mass is 305 g/mol. The first kappa shape index (κ1) is 14.1. The molecule has 0 saturated carbocycles. The number of amides is 1. The molecule has 0 unspecified atom stereocenters. The summed E-state index contributed by atoms with van der Waals surface area (Å²) in [6.07, 6.45) is 0.380. The summed E-state index contributed by atoms with van der Waals surface area (Å²) >= 11 is 0. The lowest BCUT2D eigenvalue weighted by Gasteiger charge is -2.10. The number of hydrogen-bond donors (Lipinski definition) is 1. The lowest BCUT2D eigenvalue weighted by Crippen LogP contribution is -2.13. The topological polar surface area (TPSA) is 46.4 Å². The Kier molecular flexibility index (Phi) is 3.32. The Bertz CT molecular complexity index is 839. The molecule has 2 heterocycles. The van der Waals surface area contributed by atoms with Gasteiger partial charge in [-0.25, -0.2) is 4.98 Å². The molecule has 0 atom stereocenters. The van der Waals surface area contributed by atoms with Gasteiger partial charge in [-0.15, -0.1) is 0 Å². The Balaban J connectivity index is 1.84. The SMILES string of the molecule is O=C(Nc1cccc(C(F)(F)F)c1)c1ccn2cncc2c1. The molecule has 0 saturated heterocycles. The van der Waals surface area contributed by atoms with Gasteiger partial charge in [0.15, 0.2) is 0 Å². The number of anilines is 1. The van der Waals surface area contributed by atoms with E-state index in [9.17, 15) is 18.0 Å². The number of carbonyl (C=O) groups excluding carboxylic acids is 1. The lowest BCUT2D eigenvalue weighted by molar-refractivity contribution is -0.137. The average Bonchev–Trinajstić information content (AvgIpc) is 2.94. The van der Waals surface area contributed by atoms with Gasteiger partial charge in [0, 0.05) is 17.4 Å². The first-order chi connectivity index (χ1) is 10.4. The van der Waals surface area contributed by atoms with Crippen LogP contribution in [0.25, 0.3) is 5.52 Å². The van der Waals surface area contributed by atoms with Crippen LogP contribution in [0.2, 0.25) is 0 Å². The zero-order valence-electron chi connectivity index (χ0n) is 11.1. The van der Waals surface area contributed by atoms with Crippen LogP contribution in [0.5, 0.6) is 0 Å². The molecule has 0 aliphatic rings. The minimum Gasteiger partial charge on any atom is -0.322 e. The third kappa shape index (κ3) is 2.78. The molecule has 4 nitrogen and oxygen atoms in total. The van der Waals surface area contributed by atoms with Crippen molar-refractivity contribution in [3.05, 3.63) is 66.2 Å². The molecule has 2 aromatic heterocycles. The van der Waals surface area contributed by atoms with Crippen LogP contribution in [0.15, 0.2) is 55.1 Å². The maximum Gasteiger partial charge on any atom is 0.416 e. The van der Waals surface area contributed by atoms with E-state index in [1.807, 2.05) is 0 Å². The van der Waals surface area contributed by atoms with Crippen molar-refractivity contribution in [1.82, 2.24) is 9.38 Å². The molecule has 7 heteroatoms. The van der Waals surface area contributed by atoms with Crippen molar-refractivity contribution in [2.24, 2.45) is 0 Å². The summed E-state index contributed by atoms with van der Waals surface area (Å²) < 4.78 is 39.7. The molecule has 0 radical (unpaired) electrons. The Hall–Kier alpha value is -2.83. The zero-order chi connectivity index (χ0) is 15.7. The fourth-order valence-electron chi connectivity index (χ4n) is 2.04. The Morgan fingerprint density at radius 2 is 2.00 bits per heavy atom. The van der Waals surface area contributed by atoms with Crippen LogP contribution in [0.1, 0.15) is 15.9 Å². The number of hydrogen-bond acceptors (Lipinski definition) is 2. The van der Waals surface area contributed by atoms with E-state index in [-0.39, 0.29) is 5.69 Å². The zero-order valence-corrected chi connectivity index (χ0v) is 11.1. The largest absolute Gasteiger partial charge is 0.416 e. The van der Waals surface area contributed by atoms with Crippen molar-refractivity contribution in [2.45, 2.75) is 6.18 Å². The van der Waals surface area contributed by atoms with Crippen molar-refractivity contribution < 1.29 is 18.0 Å². The van der Waals surface area contributed by atoms with Gasteiger partial charge in [-0.3, -0.25) is 4.79 Å². The molecule has 22 heavy (non-hydrogen) atoms. The molecular formula is C15H10F3N3O. The number of nitrogens with zero attached hydrogens (tertiary/aromatic N) is 2. The summed E-state index contributed by atoms with van der Waals surface area (Å²) in [5.41, 5.74) is 0.340. The second-order valence-corrected chi connectivity index (χ2v) is 4.67. The Morgan fingerprint density at radius 1 is 1.18 bits per heavy atom. The first-order valence-electron chi connectivity index (χ1n) is 6.34. The number of nitrogens with one attached hydrogen (secondary N) is 1. The van der Waals surface area contributed by atoms with Crippen LogP contribution < -0.4 is 5.32 Å². The standard InChI is InChI=1S/C15H10F3N3O/c16-15(17,18)11-2-1-3-12(7-11)20-14(22)10-4-5-21-9-19-8-13(21)6-10/h1-9H,(H,20,22). The third-order valence-electron chi connectivity index (χ3n) is 3.12. The molecule has 1 N–H and O–H groups in total. The quantitative estimate of drug-likeness (QED) is 0.786. The fourth-order valence-corrected chi connectivity index (χ4v) is 2.04. The van der Waals surface area contributed by atoms with Gasteiger partial charge in [0.05, 0.1) is 23.6 Å². The fraction of sp³-hybridized carbons (Fsp3) is 0.0667. The van der Waals surface area contributed by atoms with Gasteiger partial charge in [-0.05, 0) is 30.3 Å². The van der Waals surface area contributed by atoms with E-state index in [0.717, 1.165) is 17.6 Å². The Morgan fingerprint density at radius 3 is 2.77 bits per heavy atom. The van der Waals surface area contributed by atoms with Crippen molar-refractivity contribution in [3.8, 4) is 0 Å². The van der Waals surface area contributed by atoms with E-state index in [2.05, 4.69) is 10.3 Å². The molecule has 1 amide bonds. The number of pyridine rings is 1. The maximum atomic E-state index is 12.6. The van der Waals surface area contributed by atoms with Crippen LogP contribution in [0, 0.1) is 0 Å². The molecule has 0 aliphatic carbocycles. The van der Waals surface area contributed by atoms with Gasteiger partial charge < -0.3 is 9.72 Å². The number of carbonyl (C=O) groups is 1. The number of halogens is 3. The number of alkyl halides is 3. The number of fused-ring (bicyclic) bond motifs is 1. The maximum absolute atomic E-state index is 12.6. The molecule has 1 aromatic carbocycles. The summed E-state index contributed by atoms with van der Waals surface area (Å²) in [5.74, 6) is -0.483. The normalized spacial score (nSPS) is 11.6. The summed E-state index contributed by atoms with van der Waals surface area (Å²) in [6, 6.07) is 7.68. The van der Waals surface area contributed by atoms with Crippen molar-refractivity contribution in [1.29, 1.82) is 0 Å². The molecule has 0 aliphatic heterocycles. The summed E-state index contributed by atoms with van der Waals surface area (Å²) in [6.45, 7) is 0. The van der Waals surface area contributed by atoms with E-state index >= 15 is 0 Å². The summed E-state index contributed by atoms with van der Waals surface area (Å²) in [4.78, 5) is 16.0. The summed E-state index contributed by atoms with van der Waals surface area (Å²) in [7, 11) is 0. The van der Waals surface area contributed by atoms with Crippen LogP contribution in [-0.4, -0.2) is 15.3 Å². The summed E-state index contributed by atoms with van der Waals surface area (Å²) in [5, 5.41) is 2.46. The second-order valence-electron chi connectivity index (χ2n) is 4.67. The number of rotatable bonds is 2. The van der Waals surface area contributed by atoms with Gasteiger partial charge in [0.1, 0.15) is 0 Å². The van der Waals surface area contributed by atoms with Gasteiger partial charge in [0.25, 0.3) is 5.91 Å². The predicted molar refractivity (Wildman–Crippen MR) is 74.6 cm³/mol. The first-order valence-corrected chi connectivity index (χ1v) is 6.34. The predicted octanol–water partition coefficient (Wildman–Crippen LogP) is 3.61. The second kappa shape index (κ2) is 5.18. The molecule has 3 rings (SSSR count). The number of benzene rings is 1. The molecule has 0 spiro atoms. The van der Waals surface area contributed by atoms with Crippen LogP contribution in [0.3, 0.4) is 0 Å². The highest BCUT2D eigenvalue weighted by Gasteiger charge is 2.30. The highest BCUT2D eigenvalue weighted by Crippen LogP contribution is 2.30. The van der Waals surface area contributed by atoms with E-state index in [1.165, 1.54) is 12.1 Å². The third-order valence-corrected chi connectivity index (χ3v) is 3.12.